The lowest BCUT2D eigenvalue weighted by Crippen LogP contribution is -2.19. The highest BCUT2D eigenvalue weighted by Gasteiger charge is 2.24. The molecule has 0 saturated carbocycles. The predicted octanol–water partition coefficient (Wildman–Crippen LogP) is 13.2. The average molecular weight is 664 g/mol. The van der Waals surface area contributed by atoms with Gasteiger partial charge in [0.1, 0.15) is 0 Å². The summed E-state index contributed by atoms with van der Waals surface area (Å²) in [6.45, 7) is 13.8. The summed E-state index contributed by atoms with van der Waals surface area (Å²) in [5.41, 5.74) is 14.4. The Morgan fingerprint density at radius 1 is 0.353 bits per heavy atom. The molecule has 0 bridgehead atoms. The first-order valence-corrected chi connectivity index (χ1v) is 17.7. The van der Waals surface area contributed by atoms with Crippen LogP contribution in [0, 0.1) is 0 Å². The Balaban J connectivity index is 1.39. The Kier molecular flexibility index (Phi) is 9.14. The van der Waals surface area contributed by atoms with Crippen molar-refractivity contribution in [3.63, 3.8) is 0 Å². The van der Waals surface area contributed by atoms with E-state index in [0.29, 0.717) is 0 Å². The lowest BCUT2D eigenvalue weighted by molar-refractivity contribution is 0.569. The summed E-state index contributed by atoms with van der Waals surface area (Å²) in [6, 6.07) is 54.1. The van der Waals surface area contributed by atoms with Crippen LogP contribution in [-0.2, 0) is 10.8 Å². The fourth-order valence-electron chi connectivity index (χ4n) is 6.46. The molecular formula is C48H45N3. The fraction of sp³-hybridized carbons (Fsp3) is 0.167. The molecule has 0 N–H and O–H groups in total. The van der Waals surface area contributed by atoms with Crippen molar-refractivity contribution in [1.29, 1.82) is 0 Å². The number of rotatable bonds is 7. The topological polar surface area (TPSA) is 29.0 Å². The Morgan fingerprint density at radius 3 is 1.18 bits per heavy atom. The van der Waals surface area contributed by atoms with Crippen molar-refractivity contribution in [2.24, 2.45) is 0 Å². The first kappa shape index (κ1) is 33.7. The van der Waals surface area contributed by atoms with E-state index >= 15 is 0 Å². The molecule has 0 radical (unpaired) electrons. The fourth-order valence-corrected chi connectivity index (χ4v) is 6.46. The van der Waals surface area contributed by atoms with Crippen molar-refractivity contribution in [2.75, 3.05) is 4.90 Å². The maximum atomic E-state index is 4.83. The first-order valence-electron chi connectivity index (χ1n) is 17.7. The van der Waals surface area contributed by atoms with Crippen LogP contribution in [0.1, 0.15) is 52.7 Å². The largest absolute Gasteiger partial charge is 0.310 e. The van der Waals surface area contributed by atoms with E-state index < -0.39 is 0 Å². The first-order chi connectivity index (χ1) is 24.5. The molecule has 5 aromatic carbocycles. The van der Waals surface area contributed by atoms with E-state index in [9.17, 15) is 0 Å². The zero-order valence-corrected chi connectivity index (χ0v) is 30.4. The molecule has 0 aliphatic heterocycles. The van der Waals surface area contributed by atoms with Crippen molar-refractivity contribution in [2.45, 2.75) is 52.4 Å². The highest BCUT2D eigenvalue weighted by Crippen LogP contribution is 2.42. The van der Waals surface area contributed by atoms with Gasteiger partial charge < -0.3 is 4.90 Å². The van der Waals surface area contributed by atoms with Gasteiger partial charge in [-0.2, -0.15) is 0 Å². The number of benzene rings is 5. The average Bonchev–Trinajstić information content (AvgIpc) is 3.15. The molecule has 0 spiro atoms. The van der Waals surface area contributed by atoms with E-state index in [1.54, 1.807) is 0 Å². The van der Waals surface area contributed by atoms with Crippen LogP contribution >= 0.6 is 0 Å². The van der Waals surface area contributed by atoms with Crippen LogP contribution in [0.5, 0.6) is 0 Å². The molecule has 0 aliphatic carbocycles. The molecule has 2 aromatic heterocycles. The Hall–Kier alpha value is -5.80. The van der Waals surface area contributed by atoms with Crippen LogP contribution < -0.4 is 4.90 Å². The lowest BCUT2D eigenvalue weighted by Gasteiger charge is -2.31. The summed E-state index contributed by atoms with van der Waals surface area (Å²) < 4.78 is 0. The van der Waals surface area contributed by atoms with Crippen LogP contribution in [0.3, 0.4) is 0 Å². The molecule has 0 unspecified atom stereocenters. The van der Waals surface area contributed by atoms with Crippen LogP contribution in [-0.4, -0.2) is 9.97 Å². The van der Waals surface area contributed by atoms with Crippen molar-refractivity contribution in [3.8, 4) is 44.8 Å². The molecule has 0 fully saturated rings. The number of pyridine rings is 2. The number of hydrogen-bond donors (Lipinski definition) is 0. The van der Waals surface area contributed by atoms with Gasteiger partial charge in [0.05, 0.1) is 11.4 Å². The van der Waals surface area contributed by atoms with Gasteiger partial charge in [0.15, 0.2) is 0 Å². The number of aromatic nitrogens is 2. The molecule has 0 aliphatic rings. The van der Waals surface area contributed by atoms with Gasteiger partial charge >= 0.3 is 0 Å². The standard InChI is InChI=1S/C48H45N3/c1-47(2,3)40-31-41(48(4,5)6)33-44(32-40)51(42-21-13-19-38(27-42)45-29-36(23-25-49-45)34-15-9-7-10-16-34)43-22-14-20-39(28-43)46-30-37(24-26-50-46)35-17-11-8-12-18-35/h7-33H,1-6H3. The maximum Gasteiger partial charge on any atom is 0.0708 e. The molecule has 7 aromatic rings. The molecule has 0 atom stereocenters. The number of anilines is 3. The summed E-state index contributed by atoms with van der Waals surface area (Å²) in [7, 11) is 0. The molecule has 0 amide bonds. The third-order valence-electron chi connectivity index (χ3n) is 9.44. The molecular weight excluding hydrogens is 619 g/mol. The van der Waals surface area contributed by atoms with Crippen LogP contribution in [0.2, 0.25) is 0 Å². The molecule has 2 heterocycles. The van der Waals surface area contributed by atoms with Gasteiger partial charge in [-0.1, -0.05) is 133 Å². The minimum atomic E-state index is -0.0328. The Labute approximate surface area is 303 Å². The highest BCUT2D eigenvalue weighted by molar-refractivity contribution is 5.83. The Bertz CT molecular complexity index is 2120. The van der Waals surface area contributed by atoms with E-state index in [1.807, 2.05) is 12.4 Å². The van der Waals surface area contributed by atoms with Crippen LogP contribution in [0.25, 0.3) is 44.8 Å². The summed E-state index contributed by atoms with van der Waals surface area (Å²) >= 11 is 0. The highest BCUT2D eigenvalue weighted by atomic mass is 15.1. The molecule has 0 saturated heterocycles. The van der Waals surface area contributed by atoms with Gasteiger partial charge in [0, 0.05) is 40.6 Å². The normalized spacial score (nSPS) is 11.7. The van der Waals surface area contributed by atoms with Gasteiger partial charge in [-0.25, -0.2) is 0 Å². The minimum Gasteiger partial charge on any atom is -0.310 e. The second-order valence-electron chi connectivity index (χ2n) is 15.3. The molecule has 7 rings (SSSR count). The van der Waals surface area contributed by atoms with Gasteiger partial charge in [0.2, 0.25) is 0 Å². The Morgan fingerprint density at radius 2 is 0.765 bits per heavy atom. The second-order valence-corrected chi connectivity index (χ2v) is 15.3. The summed E-state index contributed by atoms with van der Waals surface area (Å²) in [5.74, 6) is 0. The quantitative estimate of drug-likeness (QED) is 0.170. The summed E-state index contributed by atoms with van der Waals surface area (Å²) in [6.07, 6.45) is 3.81. The molecule has 252 valence electrons. The summed E-state index contributed by atoms with van der Waals surface area (Å²) in [5, 5.41) is 0. The number of hydrogen-bond acceptors (Lipinski definition) is 3. The van der Waals surface area contributed by atoms with Crippen molar-refractivity contribution < 1.29 is 0 Å². The van der Waals surface area contributed by atoms with Crippen LogP contribution in [0.4, 0.5) is 17.1 Å². The van der Waals surface area contributed by atoms with Crippen molar-refractivity contribution in [3.05, 3.63) is 175 Å². The molecule has 3 nitrogen and oxygen atoms in total. The predicted molar refractivity (Wildman–Crippen MR) is 216 cm³/mol. The lowest BCUT2D eigenvalue weighted by atomic mass is 9.80. The number of nitrogens with zero attached hydrogens (tertiary/aromatic N) is 3. The summed E-state index contributed by atoms with van der Waals surface area (Å²) in [4.78, 5) is 12.1. The van der Waals surface area contributed by atoms with E-state index in [2.05, 4.69) is 198 Å². The van der Waals surface area contributed by atoms with Gasteiger partial charge in [-0.05, 0) is 105 Å². The zero-order valence-electron chi connectivity index (χ0n) is 30.4. The molecule has 3 heteroatoms. The minimum absolute atomic E-state index is 0.0328. The van der Waals surface area contributed by atoms with Crippen molar-refractivity contribution >= 4 is 17.1 Å². The smallest absolute Gasteiger partial charge is 0.0708 e. The van der Waals surface area contributed by atoms with Crippen LogP contribution in [0.15, 0.2) is 164 Å². The monoisotopic (exact) mass is 663 g/mol. The van der Waals surface area contributed by atoms with E-state index in [0.717, 1.165) is 50.7 Å². The SMILES string of the molecule is CC(C)(C)c1cc(N(c2cccc(-c3cc(-c4ccccc4)ccn3)c2)c2cccc(-c3cc(-c4ccccc4)ccn3)c2)cc(C(C)(C)C)c1. The molecule has 51 heavy (non-hydrogen) atoms. The third kappa shape index (κ3) is 7.54. The van der Waals surface area contributed by atoms with E-state index in [4.69, 9.17) is 9.97 Å². The van der Waals surface area contributed by atoms with Gasteiger partial charge in [-0.3, -0.25) is 9.97 Å². The second kappa shape index (κ2) is 13.8. The van der Waals surface area contributed by atoms with E-state index in [1.165, 1.54) is 22.3 Å². The zero-order chi connectivity index (χ0) is 35.6. The maximum absolute atomic E-state index is 4.83. The van der Waals surface area contributed by atoms with E-state index in [-0.39, 0.29) is 10.8 Å². The third-order valence-corrected chi connectivity index (χ3v) is 9.44. The van der Waals surface area contributed by atoms with Gasteiger partial charge in [-0.15, -0.1) is 0 Å². The van der Waals surface area contributed by atoms with Crippen molar-refractivity contribution in [1.82, 2.24) is 9.97 Å². The van der Waals surface area contributed by atoms with Gasteiger partial charge in [0.25, 0.3) is 0 Å².